The number of hydrogen-bond donors (Lipinski definition) is 1. The highest BCUT2D eigenvalue weighted by molar-refractivity contribution is 7.71. The van der Waals surface area contributed by atoms with Crippen molar-refractivity contribution in [1.82, 2.24) is 14.8 Å². The summed E-state index contributed by atoms with van der Waals surface area (Å²) < 4.78 is 6.76. The van der Waals surface area contributed by atoms with Gasteiger partial charge in [0.2, 0.25) is 0 Å². The molecule has 2 aromatic heterocycles. The van der Waals surface area contributed by atoms with E-state index in [1.165, 1.54) is 10.9 Å². The molecule has 0 atom stereocenters. The fraction of sp³-hybridized carbons (Fsp3) is 0.125. The highest BCUT2D eigenvalue weighted by Gasteiger charge is 2.08. The Balaban J connectivity index is 2.72. The van der Waals surface area contributed by atoms with E-state index in [9.17, 15) is 4.79 Å². The molecule has 0 radical (unpaired) electrons. The summed E-state index contributed by atoms with van der Waals surface area (Å²) >= 11 is 4.84. The molecule has 2 aromatic rings. The Morgan fingerprint density at radius 3 is 3.07 bits per heavy atom. The molecule has 0 aliphatic rings. The van der Waals surface area contributed by atoms with Gasteiger partial charge in [0.25, 0.3) is 5.56 Å². The molecule has 1 N–H and O–H groups in total. The smallest absolute Gasteiger partial charge is 0.281 e. The topological polar surface area (TPSA) is 63.8 Å². The molecule has 72 valence electrons. The fourth-order valence-corrected chi connectivity index (χ4v) is 1.19. The second-order valence-corrected chi connectivity index (χ2v) is 3.10. The van der Waals surface area contributed by atoms with Crippen molar-refractivity contribution in [2.24, 2.45) is 7.05 Å². The molecule has 0 unspecified atom stereocenters. The van der Waals surface area contributed by atoms with Gasteiger partial charge in [-0.25, -0.2) is 4.68 Å². The second kappa shape index (κ2) is 3.22. The number of aryl methyl sites for hydroxylation is 1. The molecule has 0 spiro atoms. The lowest BCUT2D eigenvalue weighted by Crippen LogP contribution is -2.17. The monoisotopic (exact) mass is 209 g/mol. The second-order valence-electron chi connectivity index (χ2n) is 2.71. The van der Waals surface area contributed by atoms with E-state index in [2.05, 4.69) is 10.1 Å². The lowest BCUT2D eigenvalue weighted by Gasteiger charge is -1.98. The molecule has 14 heavy (non-hydrogen) atoms. The van der Waals surface area contributed by atoms with Gasteiger partial charge in [0.05, 0.1) is 6.26 Å². The summed E-state index contributed by atoms with van der Waals surface area (Å²) in [5, 5.41) is 3.99. The lowest BCUT2D eigenvalue weighted by molar-refractivity contribution is 0.571. The Bertz CT molecular complexity index is 553. The van der Waals surface area contributed by atoms with Gasteiger partial charge in [-0.1, -0.05) is 0 Å². The first-order chi connectivity index (χ1) is 6.68. The Kier molecular flexibility index (Phi) is 2.05. The molecule has 0 aliphatic heterocycles. The van der Waals surface area contributed by atoms with Crippen LogP contribution in [0.25, 0.3) is 11.5 Å². The summed E-state index contributed by atoms with van der Waals surface area (Å²) in [5.41, 5.74) is -0.117. The van der Waals surface area contributed by atoms with Crippen LogP contribution < -0.4 is 5.56 Å². The van der Waals surface area contributed by atoms with E-state index < -0.39 is 0 Å². The normalized spacial score (nSPS) is 10.4. The van der Waals surface area contributed by atoms with Crippen LogP contribution in [0.1, 0.15) is 0 Å². The molecular weight excluding hydrogens is 202 g/mol. The van der Waals surface area contributed by atoms with Crippen LogP contribution in [-0.4, -0.2) is 14.8 Å². The molecule has 2 heterocycles. The van der Waals surface area contributed by atoms with Gasteiger partial charge in [0.1, 0.15) is 0 Å². The molecule has 0 aromatic carbocycles. The predicted octanol–water partition coefficient (Wildman–Crippen LogP) is 1.10. The van der Waals surface area contributed by atoms with E-state index >= 15 is 0 Å². The van der Waals surface area contributed by atoms with Gasteiger partial charge in [-0.15, -0.1) is 0 Å². The van der Waals surface area contributed by atoms with Crippen molar-refractivity contribution < 1.29 is 4.42 Å². The quantitative estimate of drug-likeness (QED) is 0.714. The summed E-state index contributed by atoms with van der Waals surface area (Å²) in [6.07, 6.45) is 1.48. The minimum atomic E-state index is -0.344. The number of nitrogens with one attached hydrogen (secondary N) is 1. The average Bonchev–Trinajstić information content (AvgIpc) is 2.64. The van der Waals surface area contributed by atoms with Gasteiger partial charge in [-0.05, 0) is 24.4 Å². The van der Waals surface area contributed by atoms with Gasteiger partial charge in [-0.3, -0.25) is 9.78 Å². The van der Waals surface area contributed by atoms with E-state index in [-0.39, 0.29) is 16.0 Å². The number of H-pyrrole nitrogens is 1. The van der Waals surface area contributed by atoms with Crippen LogP contribution in [0.15, 0.2) is 27.6 Å². The van der Waals surface area contributed by atoms with Gasteiger partial charge < -0.3 is 4.42 Å². The third kappa shape index (κ3) is 1.39. The number of aromatic nitrogens is 3. The van der Waals surface area contributed by atoms with E-state index in [0.29, 0.717) is 5.76 Å². The predicted molar refractivity (Wildman–Crippen MR) is 52.4 cm³/mol. The molecule has 0 bridgehead atoms. The molecule has 0 amide bonds. The van der Waals surface area contributed by atoms with Gasteiger partial charge in [0, 0.05) is 7.05 Å². The van der Waals surface area contributed by atoms with E-state index in [1.54, 1.807) is 19.2 Å². The minimum Gasteiger partial charge on any atom is -0.462 e. The van der Waals surface area contributed by atoms with Crippen LogP contribution in [0.5, 0.6) is 0 Å². The highest BCUT2D eigenvalue weighted by Crippen LogP contribution is 2.11. The fourth-order valence-electron chi connectivity index (χ4n) is 1.05. The molecule has 0 aliphatic carbocycles. The minimum absolute atomic E-state index is 0.228. The lowest BCUT2D eigenvalue weighted by atomic mass is 10.3. The molecule has 6 heteroatoms. The van der Waals surface area contributed by atoms with Gasteiger partial charge in [0.15, 0.2) is 16.2 Å². The zero-order chi connectivity index (χ0) is 10.1. The van der Waals surface area contributed by atoms with E-state index in [0.717, 1.165) is 0 Å². The van der Waals surface area contributed by atoms with Crippen molar-refractivity contribution in [2.45, 2.75) is 0 Å². The molecule has 5 nitrogen and oxygen atoms in total. The van der Waals surface area contributed by atoms with Crippen LogP contribution in [0.4, 0.5) is 0 Å². The Morgan fingerprint density at radius 1 is 1.64 bits per heavy atom. The van der Waals surface area contributed by atoms with Crippen LogP contribution in [0, 0.1) is 4.77 Å². The van der Waals surface area contributed by atoms with Crippen molar-refractivity contribution in [3.8, 4) is 11.5 Å². The number of furan rings is 1. The molecule has 0 fully saturated rings. The van der Waals surface area contributed by atoms with E-state index in [4.69, 9.17) is 16.6 Å². The number of hydrogen-bond acceptors (Lipinski definition) is 4. The number of rotatable bonds is 1. The third-order valence-electron chi connectivity index (χ3n) is 1.73. The Hall–Kier alpha value is -1.69. The molecular formula is C8H7N3O2S. The summed E-state index contributed by atoms with van der Waals surface area (Å²) in [6, 6.07) is 3.36. The third-order valence-corrected chi connectivity index (χ3v) is 2.10. The van der Waals surface area contributed by atoms with Crippen LogP contribution in [-0.2, 0) is 7.05 Å². The Morgan fingerprint density at radius 2 is 2.43 bits per heavy atom. The summed E-state index contributed by atoms with van der Waals surface area (Å²) in [6.45, 7) is 0. The largest absolute Gasteiger partial charge is 0.462 e. The number of aromatic amines is 1. The first-order valence-electron chi connectivity index (χ1n) is 3.90. The van der Waals surface area contributed by atoms with Crippen molar-refractivity contribution in [3.63, 3.8) is 0 Å². The Labute approximate surface area is 84.0 Å². The van der Waals surface area contributed by atoms with Crippen molar-refractivity contribution in [3.05, 3.63) is 33.5 Å². The van der Waals surface area contributed by atoms with E-state index in [1.807, 2.05) is 0 Å². The van der Waals surface area contributed by atoms with Gasteiger partial charge in [-0.2, -0.15) is 5.10 Å². The van der Waals surface area contributed by atoms with Crippen LogP contribution in [0.3, 0.4) is 0 Å². The molecule has 0 saturated heterocycles. The maximum absolute atomic E-state index is 11.4. The summed E-state index contributed by atoms with van der Waals surface area (Å²) in [4.78, 5) is 13.9. The maximum atomic E-state index is 11.4. The first kappa shape index (κ1) is 8.89. The first-order valence-corrected chi connectivity index (χ1v) is 4.31. The van der Waals surface area contributed by atoms with Crippen molar-refractivity contribution in [2.75, 3.05) is 0 Å². The van der Waals surface area contributed by atoms with Crippen molar-refractivity contribution >= 4 is 12.2 Å². The zero-order valence-electron chi connectivity index (χ0n) is 7.35. The highest BCUT2D eigenvalue weighted by atomic mass is 32.1. The van der Waals surface area contributed by atoms with Crippen LogP contribution in [0.2, 0.25) is 0 Å². The summed E-state index contributed by atoms with van der Waals surface area (Å²) in [7, 11) is 1.66. The van der Waals surface area contributed by atoms with Crippen LogP contribution >= 0.6 is 12.2 Å². The van der Waals surface area contributed by atoms with Gasteiger partial charge >= 0.3 is 0 Å². The average molecular weight is 209 g/mol. The number of nitrogens with zero attached hydrogens (tertiary/aromatic N) is 2. The maximum Gasteiger partial charge on any atom is 0.281 e. The zero-order valence-corrected chi connectivity index (χ0v) is 8.17. The van der Waals surface area contributed by atoms with Crippen molar-refractivity contribution in [1.29, 1.82) is 0 Å². The SMILES string of the molecule is Cn1nc(-c2ccco2)c(=O)[nH]c1=S. The molecule has 0 saturated carbocycles. The standard InChI is InChI=1S/C8H7N3O2S/c1-11-8(14)9-7(12)6(10-11)5-3-2-4-13-5/h2-4H,1H3,(H,9,12,14). The molecule has 2 rings (SSSR count). The summed E-state index contributed by atoms with van der Waals surface area (Å²) in [5.74, 6) is 0.428.